The molecule has 0 saturated carbocycles. The quantitative estimate of drug-likeness (QED) is 0.859. The minimum absolute atomic E-state index is 0.241. The van der Waals surface area contributed by atoms with Crippen molar-refractivity contribution >= 4 is 0 Å². The number of rotatable bonds is 6. The minimum atomic E-state index is -4.24. The van der Waals surface area contributed by atoms with Gasteiger partial charge in [-0.05, 0) is 32.8 Å². The van der Waals surface area contributed by atoms with Crippen LogP contribution in [0.15, 0.2) is 24.3 Å². The van der Waals surface area contributed by atoms with Gasteiger partial charge < -0.3 is 5.73 Å². The van der Waals surface area contributed by atoms with Crippen molar-refractivity contribution in [3.05, 3.63) is 35.4 Å². The first-order valence-electron chi connectivity index (χ1n) is 7.30. The van der Waals surface area contributed by atoms with E-state index in [0.717, 1.165) is 11.1 Å². The maximum absolute atomic E-state index is 12.9. The summed E-state index contributed by atoms with van der Waals surface area (Å²) in [7, 11) is 0. The highest BCUT2D eigenvalue weighted by atomic mass is 19.4. The largest absolute Gasteiger partial charge is 0.401 e. The van der Waals surface area contributed by atoms with E-state index in [-0.39, 0.29) is 12.1 Å². The molecule has 2 atom stereocenters. The number of halogens is 3. The highest BCUT2D eigenvalue weighted by molar-refractivity contribution is 5.26. The second-order valence-electron chi connectivity index (χ2n) is 5.81. The average Bonchev–Trinajstić information content (AvgIpc) is 2.36. The SMILES string of the molecule is CCC(N)C(c1cccc(C)c1)N(CC(F)(F)F)C(C)C. The summed E-state index contributed by atoms with van der Waals surface area (Å²) < 4.78 is 38.7. The lowest BCUT2D eigenvalue weighted by Crippen LogP contribution is -2.48. The van der Waals surface area contributed by atoms with E-state index in [1.165, 1.54) is 4.90 Å². The maximum Gasteiger partial charge on any atom is 0.401 e. The Morgan fingerprint density at radius 2 is 1.86 bits per heavy atom. The molecule has 0 aliphatic rings. The van der Waals surface area contributed by atoms with Crippen molar-refractivity contribution in [1.82, 2.24) is 4.90 Å². The van der Waals surface area contributed by atoms with Gasteiger partial charge in [-0.2, -0.15) is 13.2 Å². The molecular formula is C16H25F3N2. The van der Waals surface area contributed by atoms with Gasteiger partial charge in [0.1, 0.15) is 0 Å². The van der Waals surface area contributed by atoms with E-state index >= 15 is 0 Å². The van der Waals surface area contributed by atoms with E-state index in [1.54, 1.807) is 13.8 Å². The summed E-state index contributed by atoms with van der Waals surface area (Å²) in [6, 6.07) is 6.57. The smallest absolute Gasteiger partial charge is 0.326 e. The fourth-order valence-corrected chi connectivity index (χ4v) is 2.57. The first-order valence-corrected chi connectivity index (χ1v) is 7.30. The Morgan fingerprint density at radius 1 is 1.24 bits per heavy atom. The highest BCUT2D eigenvalue weighted by Gasteiger charge is 2.37. The Bertz CT molecular complexity index is 443. The van der Waals surface area contributed by atoms with Crippen molar-refractivity contribution in [3.8, 4) is 0 Å². The Morgan fingerprint density at radius 3 is 2.29 bits per heavy atom. The molecule has 1 aromatic rings. The van der Waals surface area contributed by atoms with E-state index in [4.69, 9.17) is 5.73 Å². The van der Waals surface area contributed by atoms with Crippen LogP contribution in [-0.4, -0.2) is 29.7 Å². The summed E-state index contributed by atoms with van der Waals surface area (Å²) in [5.41, 5.74) is 8.02. The van der Waals surface area contributed by atoms with Gasteiger partial charge in [-0.25, -0.2) is 0 Å². The van der Waals surface area contributed by atoms with Crippen LogP contribution in [0.3, 0.4) is 0 Å². The van der Waals surface area contributed by atoms with Crippen LogP contribution in [0.25, 0.3) is 0 Å². The number of nitrogens with zero attached hydrogens (tertiary/aromatic N) is 1. The van der Waals surface area contributed by atoms with Crippen LogP contribution in [0.4, 0.5) is 13.2 Å². The van der Waals surface area contributed by atoms with Gasteiger partial charge in [-0.1, -0.05) is 36.8 Å². The summed E-state index contributed by atoms with van der Waals surface area (Å²) in [5.74, 6) is 0. The van der Waals surface area contributed by atoms with E-state index < -0.39 is 18.8 Å². The number of aryl methyl sites for hydroxylation is 1. The molecule has 0 amide bonds. The third-order valence-corrected chi connectivity index (χ3v) is 3.64. The van der Waals surface area contributed by atoms with Gasteiger partial charge in [-0.15, -0.1) is 0 Å². The topological polar surface area (TPSA) is 29.3 Å². The molecule has 2 N–H and O–H groups in total. The van der Waals surface area contributed by atoms with Gasteiger partial charge in [-0.3, -0.25) is 4.90 Å². The molecule has 0 saturated heterocycles. The van der Waals surface area contributed by atoms with Crippen LogP contribution in [0.5, 0.6) is 0 Å². The summed E-state index contributed by atoms with van der Waals surface area (Å²) in [6.07, 6.45) is -3.61. The second-order valence-corrected chi connectivity index (χ2v) is 5.81. The Labute approximate surface area is 125 Å². The zero-order chi connectivity index (χ0) is 16.2. The van der Waals surface area contributed by atoms with Crippen LogP contribution < -0.4 is 5.73 Å². The summed E-state index contributed by atoms with van der Waals surface area (Å²) >= 11 is 0. The predicted molar refractivity (Wildman–Crippen MR) is 80.1 cm³/mol. The van der Waals surface area contributed by atoms with Crippen molar-refractivity contribution in [2.75, 3.05) is 6.54 Å². The molecule has 0 aromatic heterocycles. The van der Waals surface area contributed by atoms with Crippen LogP contribution in [0.2, 0.25) is 0 Å². The fraction of sp³-hybridized carbons (Fsp3) is 0.625. The molecule has 2 nitrogen and oxygen atoms in total. The van der Waals surface area contributed by atoms with E-state index in [0.29, 0.717) is 6.42 Å². The fourth-order valence-electron chi connectivity index (χ4n) is 2.57. The van der Waals surface area contributed by atoms with Gasteiger partial charge in [0.25, 0.3) is 0 Å². The lowest BCUT2D eigenvalue weighted by atomic mass is 9.94. The van der Waals surface area contributed by atoms with Gasteiger partial charge in [0.05, 0.1) is 12.6 Å². The molecular weight excluding hydrogens is 277 g/mol. The molecule has 0 heterocycles. The Kier molecular flexibility index (Phi) is 6.23. The van der Waals surface area contributed by atoms with Crippen molar-refractivity contribution < 1.29 is 13.2 Å². The predicted octanol–water partition coefficient (Wildman–Crippen LogP) is 4.05. The Balaban J connectivity index is 3.21. The maximum atomic E-state index is 12.9. The first-order chi connectivity index (χ1) is 9.65. The lowest BCUT2D eigenvalue weighted by molar-refractivity contribution is -0.156. The molecule has 0 radical (unpaired) electrons. The zero-order valence-corrected chi connectivity index (χ0v) is 13.1. The van der Waals surface area contributed by atoms with Crippen molar-refractivity contribution in [2.24, 2.45) is 5.73 Å². The molecule has 0 spiro atoms. The number of benzene rings is 1. The van der Waals surface area contributed by atoms with Crippen LogP contribution in [0, 0.1) is 6.92 Å². The third kappa shape index (κ3) is 5.32. The standard InChI is InChI=1S/C16H25F3N2/c1-5-14(20)15(13-8-6-7-12(4)9-13)21(11(2)3)10-16(17,18)19/h6-9,11,14-15H,5,10,20H2,1-4H3. The highest BCUT2D eigenvalue weighted by Crippen LogP contribution is 2.31. The monoisotopic (exact) mass is 302 g/mol. The summed E-state index contributed by atoms with van der Waals surface area (Å²) in [4.78, 5) is 1.45. The summed E-state index contributed by atoms with van der Waals surface area (Å²) in [6.45, 7) is 6.44. The molecule has 21 heavy (non-hydrogen) atoms. The van der Waals surface area contributed by atoms with Gasteiger partial charge in [0.15, 0.2) is 0 Å². The summed E-state index contributed by atoms with van der Waals surface area (Å²) in [5, 5.41) is 0. The molecule has 0 bridgehead atoms. The number of nitrogens with two attached hydrogens (primary N) is 1. The van der Waals surface area contributed by atoms with Gasteiger partial charge >= 0.3 is 6.18 Å². The molecule has 120 valence electrons. The molecule has 0 aliphatic heterocycles. The first kappa shape index (κ1) is 18.0. The van der Waals surface area contributed by atoms with Crippen LogP contribution >= 0.6 is 0 Å². The van der Waals surface area contributed by atoms with Crippen molar-refractivity contribution in [2.45, 2.75) is 58.4 Å². The lowest BCUT2D eigenvalue weighted by Gasteiger charge is -2.39. The number of hydrogen-bond donors (Lipinski definition) is 1. The molecule has 2 unspecified atom stereocenters. The van der Waals surface area contributed by atoms with Crippen LogP contribution in [-0.2, 0) is 0 Å². The minimum Gasteiger partial charge on any atom is -0.326 e. The van der Waals surface area contributed by atoms with Gasteiger partial charge in [0.2, 0.25) is 0 Å². The number of alkyl halides is 3. The van der Waals surface area contributed by atoms with Crippen LogP contribution in [0.1, 0.15) is 44.4 Å². The molecule has 0 aliphatic carbocycles. The average molecular weight is 302 g/mol. The second kappa shape index (κ2) is 7.27. The molecule has 1 aromatic carbocycles. The zero-order valence-electron chi connectivity index (χ0n) is 13.1. The van der Waals surface area contributed by atoms with E-state index in [9.17, 15) is 13.2 Å². The van der Waals surface area contributed by atoms with Crippen molar-refractivity contribution in [1.29, 1.82) is 0 Å². The van der Waals surface area contributed by atoms with Gasteiger partial charge in [0, 0.05) is 12.1 Å². The number of hydrogen-bond acceptors (Lipinski definition) is 2. The van der Waals surface area contributed by atoms with E-state index in [2.05, 4.69) is 0 Å². The molecule has 5 heteroatoms. The molecule has 0 fully saturated rings. The normalized spacial score (nSPS) is 15.5. The van der Waals surface area contributed by atoms with E-state index in [1.807, 2.05) is 38.1 Å². The van der Waals surface area contributed by atoms with Crippen molar-refractivity contribution in [3.63, 3.8) is 0 Å². The Hall–Kier alpha value is -1.07. The molecule has 1 rings (SSSR count). The third-order valence-electron chi connectivity index (χ3n) is 3.64.